The van der Waals surface area contributed by atoms with Gasteiger partial charge in [0.2, 0.25) is 0 Å². The zero-order valence-electron chi connectivity index (χ0n) is 9.41. The van der Waals surface area contributed by atoms with Crippen molar-refractivity contribution >= 4 is 9.84 Å². The van der Waals surface area contributed by atoms with Gasteiger partial charge in [-0.3, -0.25) is 0 Å². The van der Waals surface area contributed by atoms with Crippen LogP contribution in [0, 0.1) is 5.92 Å². The van der Waals surface area contributed by atoms with Crippen molar-refractivity contribution in [1.82, 2.24) is 5.32 Å². The van der Waals surface area contributed by atoms with Gasteiger partial charge in [-0.25, -0.2) is 8.42 Å². The van der Waals surface area contributed by atoms with Crippen molar-refractivity contribution in [1.29, 1.82) is 0 Å². The Morgan fingerprint density at radius 3 is 2.29 bits per heavy atom. The van der Waals surface area contributed by atoms with Gasteiger partial charge in [0.25, 0.3) is 0 Å². The van der Waals surface area contributed by atoms with Gasteiger partial charge < -0.3 is 10.1 Å². The molecule has 0 aromatic heterocycles. The van der Waals surface area contributed by atoms with E-state index in [1.54, 1.807) is 7.05 Å². The van der Waals surface area contributed by atoms with Crippen LogP contribution < -0.4 is 5.32 Å². The van der Waals surface area contributed by atoms with E-state index >= 15 is 0 Å². The summed E-state index contributed by atoms with van der Waals surface area (Å²) in [6, 6.07) is 0.0249. The fraction of sp³-hybridized carbons (Fsp3) is 1.00. The normalized spacial score (nSPS) is 14.6. The van der Waals surface area contributed by atoms with Crippen LogP contribution in [0.4, 0.5) is 0 Å². The average Bonchev–Trinajstić information content (AvgIpc) is 2.10. The maximum absolute atomic E-state index is 11.5. The van der Waals surface area contributed by atoms with Crippen LogP contribution in [0.25, 0.3) is 0 Å². The second-order valence-corrected chi connectivity index (χ2v) is 5.98. The molecule has 0 aliphatic rings. The maximum atomic E-state index is 11.5. The first-order valence-electron chi connectivity index (χ1n) is 4.79. The topological polar surface area (TPSA) is 55.4 Å². The first kappa shape index (κ1) is 13.9. The predicted molar refractivity (Wildman–Crippen MR) is 58.2 cm³/mol. The fourth-order valence-electron chi connectivity index (χ4n) is 1.18. The molecule has 86 valence electrons. The number of sulfone groups is 1. The van der Waals surface area contributed by atoms with E-state index in [0.717, 1.165) is 0 Å². The summed E-state index contributed by atoms with van der Waals surface area (Å²) < 4.78 is 27.8. The molecule has 0 bridgehead atoms. The first-order valence-corrected chi connectivity index (χ1v) is 6.61. The zero-order chi connectivity index (χ0) is 11.2. The molecule has 0 amide bonds. The van der Waals surface area contributed by atoms with E-state index in [-0.39, 0.29) is 24.2 Å². The largest absolute Gasteiger partial charge is 0.384 e. The Morgan fingerprint density at radius 2 is 1.93 bits per heavy atom. The third-order valence-electron chi connectivity index (χ3n) is 2.21. The highest BCUT2D eigenvalue weighted by atomic mass is 32.2. The molecule has 0 saturated heterocycles. The molecule has 0 aromatic carbocycles. The molecular formula is C9H21NO3S. The third kappa shape index (κ3) is 5.57. The molecule has 0 aliphatic carbocycles. The second kappa shape index (κ2) is 6.37. The molecule has 0 fully saturated rings. The molecule has 0 aliphatic heterocycles. The lowest BCUT2D eigenvalue weighted by molar-refractivity contribution is 0.217. The van der Waals surface area contributed by atoms with Gasteiger partial charge in [-0.05, 0) is 13.0 Å². The Hall–Kier alpha value is -0.130. The van der Waals surface area contributed by atoms with Crippen LogP contribution in [-0.2, 0) is 14.6 Å². The molecule has 0 radical (unpaired) electrons. The SMILES string of the molecule is CNC(CS(=O)(=O)CCOC)C(C)C. The van der Waals surface area contributed by atoms with E-state index in [2.05, 4.69) is 5.32 Å². The molecule has 0 heterocycles. The van der Waals surface area contributed by atoms with Crippen LogP contribution in [0.1, 0.15) is 13.8 Å². The van der Waals surface area contributed by atoms with E-state index in [4.69, 9.17) is 4.74 Å². The van der Waals surface area contributed by atoms with Gasteiger partial charge >= 0.3 is 0 Å². The summed E-state index contributed by atoms with van der Waals surface area (Å²) in [4.78, 5) is 0. The van der Waals surface area contributed by atoms with Crippen molar-refractivity contribution < 1.29 is 13.2 Å². The Kier molecular flexibility index (Phi) is 6.31. The second-order valence-electron chi connectivity index (χ2n) is 3.75. The van der Waals surface area contributed by atoms with Crippen molar-refractivity contribution in [3.05, 3.63) is 0 Å². The number of rotatable bonds is 7. The van der Waals surface area contributed by atoms with Crippen LogP contribution in [-0.4, -0.2) is 46.7 Å². The minimum absolute atomic E-state index is 0.0249. The lowest BCUT2D eigenvalue weighted by Crippen LogP contribution is -2.38. The van der Waals surface area contributed by atoms with Crippen molar-refractivity contribution in [3.63, 3.8) is 0 Å². The predicted octanol–water partition coefficient (Wildman–Crippen LogP) is 0.292. The van der Waals surface area contributed by atoms with Crippen molar-refractivity contribution in [3.8, 4) is 0 Å². The summed E-state index contributed by atoms with van der Waals surface area (Å²) in [6.45, 7) is 4.29. The number of nitrogens with one attached hydrogen (secondary N) is 1. The quantitative estimate of drug-likeness (QED) is 0.674. The Balaban J connectivity index is 4.18. The molecule has 1 atom stereocenters. The molecule has 5 heteroatoms. The minimum Gasteiger partial charge on any atom is -0.384 e. The fourth-order valence-corrected chi connectivity index (χ4v) is 2.86. The van der Waals surface area contributed by atoms with Gasteiger partial charge in [-0.2, -0.15) is 0 Å². The van der Waals surface area contributed by atoms with Crippen LogP contribution >= 0.6 is 0 Å². The standard InChI is InChI=1S/C9H21NO3S/c1-8(2)9(10-3)7-14(11,12)6-5-13-4/h8-10H,5-7H2,1-4H3. The van der Waals surface area contributed by atoms with E-state index in [1.807, 2.05) is 13.8 Å². The number of hydrogen-bond donors (Lipinski definition) is 1. The van der Waals surface area contributed by atoms with Crippen molar-refractivity contribution in [2.24, 2.45) is 5.92 Å². The van der Waals surface area contributed by atoms with Crippen molar-refractivity contribution in [2.75, 3.05) is 32.3 Å². The Labute approximate surface area is 86.9 Å². The van der Waals surface area contributed by atoms with Crippen molar-refractivity contribution in [2.45, 2.75) is 19.9 Å². The number of ether oxygens (including phenoxy) is 1. The third-order valence-corrected chi connectivity index (χ3v) is 3.86. The molecule has 14 heavy (non-hydrogen) atoms. The van der Waals surface area contributed by atoms with E-state index in [1.165, 1.54) is 7.11 Å². The van der Waals surface area contributed by atoms with Gasteiger partial charge in [-0.1, -0.05) is 13.8 Å². The van der Waals surface area contributed by atoms with Crippen LogP contribution in [0.3, 0.4) is 0 Å². The van der Waals surface area contributed by atoms with Gasteiger partial charge in [0, 0.05) is 13.2 Å². The summed E-state index contributed by atoms with van der Waals surface area (Å²) in [7, 11) is 0.308. The molecule has 4 nitrogen and oxygen atoms in total. The first-order chi connectivity index (χ1) is 6.43. The van der Waals surface area contributed by atoms with Crippen LogP contribution in [0.2, 0.25) is 0 Å². The number of hydrogen-bond acceptors (Lipinski definition) is 4. The van der Waals surface area contributed by atoms with E-state index < -0.39 is 9.84 Å². The molecule has 0 saturated carbocycles. The van der Waals surface area contributed by atoms with E-state index in [0.29, 0.717) is 5.92 Å². The maximum Gasteiger partial charge on any atom is 0.154 e. The van der Waals surface area contributed by atoms with Crippen LogP contribution in [0.15, 0.2) is 0 Å². The van der Waals surface area contributed by atoms with Gasteiger partial charge in [0.05, 0.1) is 18.1 Å². The highest BCUT2D eigenvalue weighted by Gasteiger charge is 2.20. The van der Waals surface area contributed by atoms with Gasteiger partial charge in [0.15, 0.2) is 9.84 Å². The summed E-state index contributed by atoms with van der Waals surface area (Å²) >= 11 is 0. The monoisotopic (exact) mass is 223 g/mol. The Morgan fingerprint density at radius 1 is 1.36 bits per heavy atom. The molecule has 0 aromatic rings. The minimum atomic E-state index is -2.99. The highest BCUT2D eigenvalue weighted by molar-refractivity contribution is 7.91. The van der Waals surface area contributed by atoms with Crippen LogP contribution in [0.5, 0.6) is 0 Å². The lowest BCUT2D eigenvalue weighted by Gasteiger charge is -2.19. The molecule has 1 N–H and O–H groups in total. The van der Waals surface area contributed by atoms with Gasteiger partial charge in [-0.15, -0.1) is 0 Å². The molecule has 0 spiro atoms. The lowest BCUT2D eigenvalue weighted by atomic mass is 10.1. The summed E-state index contributed by atoms with van der Waals surface area (Å²) in [5, 5.41) is 3.01. The zero-order valence-corrected chi connectivity index (χ0v) is 10.2. The van der Waals surface area contributed by atoms with Gasteiger partial charge in [0.1, 0.15) is 0 Å². The van der Waals surface area contributed by atoms with E-state index in [9.17, 15) is 8.42 Å². The molecule has 1 unspecified atom stereocenters. The average molecular weight is 223 g/mol. The summed E-state index contributed by atoms with van der Waals surface area (Å²) in [5.74, 6) is 0.608. The number of methoxy groups -OCH3 is 1. The molecule has 0 rings (SSSR count). The Bertz CT molecular complexity index is 236. The highest BCUT2D eigenvalue weighted by Crippen LogP contribution is 2.05. The molecular weight excluding hydrogens is 202 g/mol. The summed E-state index contributed by atoms with van der Waals surface area (Å²) in [5.41, 5.74) is 0. The smallest absolute Gasteiger partial charge is 0.154 e. The summed E-state index contributed by atoms with van der Waals surface area (Å²) in [6.07, 6.45) is 0.